The SMILES string of the molecule is Cn1cc(C=CC(=O)NC2CCCN(Cc3ccc(Cl)cc3)C2)cn1. The average Bonchev–Trinajstić information content (AvgIpc) is 3.01. The number of halogens is 1. The average molecular weight is 359 g/mol. The summed E-state index contributed by atoms with van der Waals surface area (Å²) in [6.07, 6.45) is 9.08. The van der Waals surface area contributed by atoms with Gasteiger partial charge in [0.2, 0.25) is 5.91 Å². The van der Waals surface area contributed by atoms with Gasteiger partial charge in [0, 0.05) is 49.0 Å². The van der Waals surface area contributed by atoms with Crippen molar-refractivity contribution >= 4 is 23.6 Å². The second-order valence-corrected chi connectivity index (χ2v) is 6.93. The van der Waals surface area contributed by atoms with Crippen LogP contribution >= 0.6 is 11.6 Å². The summed E-state index contributed by atoms with van der Waals surface area (Å²) < 4.78 is 1.72. The molecule has 1 aliphatic rings. The molecule has 0 aliphatic carbocycles. The lowest BCUT2D eigenvalue weighted by atomic mass is 10.0. The van der Waals surface area contributed by atoms with Crippen LogP contribution in [0.25, 0.3) is 6.08 Å². The fourth-order valence-corrected chi connectivity index (χ4v) is 3.24. The number of nitrogens with zero attached hydrogens (tertiary/aromatic N) is 3. The van der Waals surface area contributed by atoms with Gasteiger partial charge in [-0.05, 0) is 43.2 Å². The first-order chi connectivity index (χ1) is 12.1. The van der Waals surface area contributed by atoms with Crippen molar-refractivity contribution in [2.45, 2.75) is 25.4 Å². The molecule has 1 fully saturated rings. The van der Waals surface area contributed by atoms with Gasteiger partial charge in [-0.25, -0.2) is 0 Å². The van der Waals surface area contributed by atoms with Crippen molar-refractivity contribution in [2.75, 3.05) is 13.1 Å². The highest BCUT2D eigenvalue weighted by molar-refractivity contribution is 6.30. The maximum absolute atomic E-state index is 12.1. The van der Waals surface area contributed by atoms with E-state index in [4.69, 9.17) is 11.6 Å². The second-order valence-electron chi connectivity index (χ2n) is 6.49. The van der Waals surface area contributed by atoms with E-state index in [0.717, 1.165) is 43.1 Å². The van der Waals surface area contributed by atoms with Crippen LogP contribution < -0.4 is 5.32 Å². The largest absolute Gasteiger partial charge is 0.349 e. The normalized spacial score (nSPS) is 18.6. The summed E-state index contributed by atoms with van der Waals surface area (Å²) in [6.45, 7) is 2.81. The molecular formula is C19H23ClN4O. The lowest BCUT2D eigenvalue weighted by Crippen LogP contribution is -2.46. The zero-order chi connectivity index (χ0) is 17.6. The van der Waals surface area contributed by atoms with E-state index >= 15 is 0 Å². The second kappa shape index (κ2) is 8.32. The Bertz CT molecular complexity index is 738. The Morgan fingerprint density at radius 2 is 2.20 bits per heavy atom. The molecule has 1 unspecified atom stereocenters. The molecule has 0 saturated carbocycles. The maximum atomic E-state index is 12.1. The van der Waals surface area contributed by atoms with Gasteiger partial charge in [-0.1, -0.05) is 23.7 Å². The van der Waals surface area contributed by atoms with Crippen LogP contribution in [0.1, 0.15) is 24.0 Å². The molecule has 1 aromatic carbocycles. The zero-order valence-electron chi connectivity index (χ0n) is 14.4. The molecule has 132 valence electrons. The van der Waals surface area contributed by atoms with Gasteiger partial charge in [0.05, 0.1) is 6.20 Å². The monoisotopic (exact) mass is 358 g/mol. The molecule has 1 amide bonds. The van der Waals surface area contributed by atoms with Gasteiger partial charge in [0.15, 0.2) is 0 Å². The van der Waals surface area contributed by atoms with Crippen LogP contribution in [0.15, 0.2) is 42.7 Å². The Hall–Kier alpha value is -2.11. The molecule has 3 rings (SSSR count). The van der Waals surface area contributed by atoms with Gasteiger partial charge in [0.25, 0.3) is 0 Å². The number of carbonyl (C=O) groups is 1. The Balaban J connectivity index is 1.50. The van der Waals surface area contributed by atoms with Crippen LogP contribution in [0.3, 0.4) is 0 Å². The topological polar surface area (TPSA) is 50.2 Å². The summed E-state index contributed by atoms with van der Waals surface area (Å²) in [4.78, 5) is 14.5. The Morgan fingerprint density at radius 3 is 2.92 bits per heavy atom. The summed E-state index contributed by atoms with van der Waals surface area (Å²) in [5, 5.41) is 7.95. The molecule has 1 aliphatic heterocycles. The van der Waals surface area contributed by atoms with Gasteiger partial charge in [-0.2, -0.15) is 5.10 Å². The first-order valence-corrected chi connectivity index (χ1v) is 8.90. The van der Waals surface area contributed by atoms with Crippen LogP contribution in [0.4, 0.5) is 0 Å². The van der Waals surface area contributed by atoms with Crippen LogP contribution in [-0.4, -0.2) is 39.7 Å². The van der Waals surface area contributed by atoms with E-state index in [2.05, 4.69) is 27.4 Å². The van der Waals surface area contributed by atoms with Gasteiger partial charge in [-0.15, -0.1) is 0 Å². The highest BCUT2D eigenvalue weighted by Crippen LogP contribution is 2.16. The fraction of sp³-hybridized carbons (Fsp3) is 0.368. The molecule has 1 aromatic heterocycles. The van der Waals surface area contributed by atoms with Crippen LogP contribution in [-0.2, 0) is 18.4 Å². The van der Waals surface area contributed by atoms with E-state index in [1.165, 1.54) is 5.56 Å². The number of hydrogen-bond donors (Lipinski definition) is 1. The molecule has 1 atom stereocenters. The number of rotatable bonds is 5. The Labute approximate surface area is 153 Å². The Morgan fingerprint density at radius 1 is 1.40 bits per heavy atom. The molecular weight excluding hydrogens is 336 g/mol. The van der Waals surface area contributed by atoms with E-state index in [1.54, 1.807) is 23.0 Å². The highest BCUT2D eigenvalue weighted by atomic mass is 35.5. The molecule has 1 saturated heterocycles. The fourth-order valence-electron chi connectivity index (χ4n) is 3.11. The zero-order valence-corrected chi connectivity index (χ0v) is 15.1. The van der Waals surface area contributed by atoms with Gasteiger partial charge in [0.1, 0.15) is 0 Å². The molecule has 2 heterocycles. The predicted molar refractivity (Wildman–Crippen MR) is 100 cm³/mol. The summed E-state index contributed by atoms with van der Waals surface area (Å²) in [5.74, 6) is -0.0535. The van der Waals surface area contributed by atoms with E-state index in [1.807, 2.05) is 25.4 Å². The van der Waals surface area contributed by atoms with Crippen molar-refractivity contribution in [3.05, 3.63) is 58.9 Å². The van der Waals surface area contributed by atoms with Gasteiger partial charge in [-0.3, -0.25) is 14.4 Å². The number of piperidine rings is 1. The molecule has 0 bridgehead atoms. The van der Waals surface area contributed by atoms with E-state index in [9.17, 15) is 4.79 Å². The minimum Gasteiger partial charge on any atom is -0.349 e. The summed E-state index contributed by atoms with van der Waals surface area (Å²) in [5.41, 5.74) is 2.17. The van der Waals surface area contributed by atoms with Crippen LogP contribution in [0.5, 0.6) is 0 Å². The minimum absolute atomic E-state index is 0.0535. The first-order valence-electron chi connectivity index (χ1n) is 8.52. The van der Waals surface area contributed by atoms with Crippen LogP contribution in [0, 0.1) is 0 Å². The number of carbonyl (C=O) groups excluding carboxylic acids is 1. The van der Waals surface area contributed by atoms with E-state index in [-0.39, 0.29) is 11.9 Å². The number of aromatic nitrogens is 2. The number of likely N-dealkylation sites (tertiary alicyclic amines) is 1. The summed E-state index contributed by atoms with van der Waals surface area (Å²) >= 11 is 5.94. The predicted octanol–water partition coefficient (Wildman–Crippen LogP) is 2.87. The molecule has 0 radical (unpaired) electrons. The summed E-state index contributed by atoms with van der Waals surface area (Å²) in [6, 6.07) is 8.14. The number of aryl methyl sites for hydroxylation is 1. The number of amides is 1. The van der Waals surface area contributed by atoms with Crippen molar-refractivity contribution < 1.29 is 4.79 Å². The number of hydrogen-bond acceptors (Lipinski definition) is 3. The minimum atomic E-state index is -0.0535. The van der Waals surface area contributed by atoms with Gasteiger partial charge >= 0.3 is 0 Å². The van der Waals surface area contributed by atoms with Crippen molar-refractivity contribution in [1.29, 1.82) is 0 Å². The highest BCUT2D eigenvalue weighted by Gasteiger charge is 2.20. The molecule has 25 heavy (non-hydrogen) atoms. The Kier molecular flexibility index (Phi) is 5.89. The molecule has 6 heteroatoms. The quantitative estimate of drug-likeness (QED) is 0.836. The third kappa shape index (κ3) is 5.44. The van der Waals surface area contributed by atoms with Crippen molar-refractivity contribution in [1.82, 2.24) is 20.0 Å². The molecule has 1 N–H and O–H groups in total. The van der Waals surface area contributed by atoms with Crippen molar-refractivity contribution in [2.24, 2.45) is 7.05 Å². The third-order valence-corrected chi connectivity index (χ3v) is 4.58. The lowest BCUT2D eigenvalue weighted by molar-refractivity contribution is -0.117. The van der Waals surface area contributed by atoms with E-state index in [0.29, 0.717) is 0 Å². The molecule has 0 spiro atoms. The third-order valence-electron chi connectivity index (χ3n) is 4.32. The standard InChI is InChI=1S/C19H23ClN4O/c1-23-12-16(11-21-23)6-9-19(25)22-18-3-2-10-24(14-18)13-15-4-7-17(20)8-5-15/h4-9,11-12,18H,2-3,10,13-14H2,1H3,(H,22,25). The van der Waals surface area contributed by atoms with E-state index < -0.39 is 0 Å². The number of nitrogens with one attached hydrogen (secondary N) is 1. The molecule has 5 nitrogen and oxygen atoms in total. The summed E-state index contributed by atoms with van der Waals surface area (Å²) in [7, 11) is 1.86. The lowest BCUT2D eigenvalue weighted by Gasteiger charge is -2.33. The first kappa shape index (κ1) is 17.7. The van der Waals surface area contributed by atoms with Crippen LogP contribution in [0.2, 0.25) is 5.02 Å². The number of benzene rings is 1. The maximum Gasteiger partial charge on any atom is 0.244 e. The van der Waals surface area contributed by atoms with Crippen molar-refractivity contribution in [3.8, 4) is 0 Å². The smallest absolute Gasteiger partial charge is 0.244 e. The van der Waals surface area contributed by atoms with Crippen molar-refractivity contribution in [3.63, 3.8) is 0 Å². The van der Waals surface area contributed by atoms with Gasteiger partial charge < -0.3 is 5.32 Å². The molecule has 2 aromatic rings.